The third-order valence-electron chi connectivity index (χ3n) is 4.52. The van der Waals surface area contributed by atoms with Crippen LogP contribution in [0.1, 0.15) is 39.5 Å². The van der Waals surface area contributed by atoms with Crippen molar-refractivity contribution in [3.8, 4) is 0 Å². The highest BCUT2D eigenvalue weighted by molar-refractivity contribution is 5.81. The summed E-state index contributed by atoms with van der Waals surface area (Å²) in [5.41, 5.74) is 0.514. The molecular formula is C12H21NO. The van der Waals surface area contributed by atoms with E-state index in [1.165, 1.54) is 19.3 Å². The number of hydrogen-bond donors (Lipinski definition) is 0. The molecule has 1 heterocycles. The first-order valence-corrected chi connectivity index (χ1v) is 5.80. The summed E-state index contributed by atoms with van der Waals surface area (Å²) < 4.78 is 0. The zero-order valence-corrected chi connectivity index (χ0v) is 9.55. The van der Waals surface area contributed by atoms with E-state index in [0.717, 1.165) is 18.9 Å². The van der Waals surface area contributed by atoms with Gasteiger partial charge in [0.15, 0.2) is 0 Å². The molecule has 1 aliphatic carbocycles. The first-order chi connectivity index (χ1) is 6.59. The van der Waals surface area contributed by atoms with Gasteiger partial charge in [0.2, 0.25) is 0 Å². The summed E-state index contributed by atoms with van der Waals surface area (Å²) in [6.07, 6.45) is 5.14. The maximum Gasteiger partial charge on any atom is 0.146 e. The van der Waals surface area contributed by atoms with Crippen molar-refractivity contribution in [3.63, 3.8) is 0 Å². The number of likely N-dealkylation sites (tertiary alicyclic amines) is 1. The summed E-state index contributed by atoms with van der Waals surface area (Å²) in [5, 5.41) is 0. The van der Waals surface area contributed by atoms with Gasteiger partial charge in [0.05, 0.1) is 6.04 Å². The molecule has 0 amide bonds. The lowest BCUT2D eigenvalue weighted by Gasteiger charge is -2.47. The fourth-order valence-electron chi connectivity index (χ4n) is 3.54. The summed E-state index contributed by atoms with van der Waals surface area (Å²) in [7, 11) is 2.10. The molecule has 80 valence electrons. The van der Waals surface area contributed by atoms with Gasteiger partial charge in [0, 0.05) is 6.54 Å². The van der Waals surface area contributed by atoms with Crippen LogP contribution < -0.4 is 0 Å². The number of rotatable bonds is 2. The minimum Gasteiger partial charge on any atom is -0.298 e. The zero-order chi connectivity index (χ0) is 10.3. The van der Waals surface area contributed by atoms with Crippen molar-refractivity contribution < 1.29 is 4.79 Å². The number of ketones is 1. The third kappa shape index (κ3) is 1.31. The Hall–Kier alpha value is -0.370. The van der Waals surface area contributed by atoms with E-state index in [9.17, 15) is 4.79 Å². The number of Topliss-reactive ketones (excluding diaryl/α,β-unsaturated/α-hetero) is 1. The molecule has 2 nitrogen and oxygen atoms in total. The van der Waals surface area contributed by atoms with Crippen molar-refractivity contribution in [2.75, 3.05) is 13.6 Å². The lowest BCUT2D eigenvalue weighted by Crippen LogP contribution is -2.41. The van der Waals surface area contributed by atoms with Crippen molar-refractivity contribution in [3.05, 3.63) is 0 Å². The van der Waals surface area contributed by atoms with Crippen molar-refractivity contribution >= 4 is 5.78 Å². The molecule has 1 spiro atoms. The third-order valence-corrected chi connectivity index (χ3v) is 4.52. The summed E-state index contributed by atoms with van der Waals surface area (Å²) in [6.45, 7) is 5.17. The molecule has 1 aliphatic heterocycles. The van der Waals surface area contributed by atoms with Gasteiger partial charge in [-0.25, -0.2) is 0 Å². The molecule has 2 fully saturated rings. The van der Waals surface area contributed by atoms with Gasteiger partial charge in [-0.3, -0.25) is 9.69 Å². The summed E-state index contributed by atoms with van der Waals surface area (Å²) in [6, 6.07) is 0.212. The van der Waals surface area contributed by atoms with Crippen molar-refractivity contribution in [2.24, 2.45) is 11.3 Å². The average Bonchev–Trinajstić information content (AvgIpc) is 2.44. The highest BCUT2D eigenvalue weighted by Gasteiger charge is 2.52. The van der Waals surface area contributed by atoms with Crippen LogP contribution in [-0.4, -0.2) is 30.3 Å². The second-order valence-electron chi connectivity index (χ2n) is 5.25. The predicted molar refractivity (Wildman–Crippen MR) is 57.2 cm³/mol. The lowest BCUT2D eigenvalue weighted by atomic mass is 9.58. The lowest BCUT2D eigenvalue weighted by molar-refractivity contribution is -0.120. The van der Waals surface area contributed by atoms with Crippen molar-refractivity contribution in [2.45, 2.75) is 45.6 Å². The van der Waals surface area contributed by atoms with Crippen LogP contribution in [-0.2, 0) is 4.79 Å². The Kier molecular flexibility index (Phi) is 2.42. The molecule has 2 unspecified atom stereocenters. The summed E-state index contributed by atoms with van der Waals surface area (Å²) in [5.74, 6) is 1.24. The van der Waals surface area contributed by atoms with E-state index >= 15 is 0 Å². The van der Waals surface area contributed by atoms with Crippen LogP contribution in [0.3, 0.4) is 0 Å². The molecular weight excluding hydrogens is 174 g/mol. The van der Waals surface area contributed by atoms with Crippen LogP contribution in [0.15, 0.2) is 0 Å². The molecule has 14 heavy (non-hydrogen) atoms. The van der Waals surface area contributed by atoms with Crippen LogP contribution in [0.2, 0.25) is 0 Å². The fourth-order valence-corrected chi connectivity index (χ4v) is 3.54. The Bertz CT molecular complexity index is 249. The molecule has 2 aliphatic rings. The monoisotopic (exact) mass is 195 g/mol. The highest BCUT2D eigenvalue weighted by atomic mass is 16.1. The molecule has 0 radical (unpaired) electrons. The van der Waals surface area contributed by atoms with E-state index in [-0.39, 0.29) is 6.04 Å². The second kappa shape index (κ2) is 3.34. The van der Waals surface area contributed by atoms with Gasteiger partial charge >= 0.3 is 0 Å². The van der Waals surface area contributed by atoms with E-state index in [2.05, 4.69) is 18.9 Å². The van der Waals surface area contributed by atoms with Crippen molar-refractivity contribution in [1.29, 1.82) is 0 Å². The van der Waals surface area contributed by atoms with Gasteiger partial charge in [-0.1, -0.05) is 13.3 Å². The van der Waals surface area contributed by atoms with E-state index in [1.54, 1.807) is 6.92 Å². The molecule has 2 heteroatoms. The predicted octanol–water partition coefficient (Wildman–Crippen LogP) is 2.09. The normalized spacial score (nSPS) is 42.8. The quantitative estimate of drug-likeness (QED) is 0.672. The van der Waals surface area contributed by atoms with Gasteiger partial charge in [-0.15, -0.1) is 0 Å². The van der Waals surface area contributed by atoms with E-state index in [0.29, 0.717) is 11.2 Å². The Balaban J connectivity index is 2.09. The number of carbonyl (C=O) groups is 1. The molecule has 1 saturated heterocycles. The van der Waals surface area contributed by atoms with Crippen molar-refractivity contribution in [1.82, 2.24) is 4.90 Å². The Labute approximate surface area is 86.7 Å². The highest BCUT2D eigenvalue weighted by Crippen LogP contribution is 2.55. The SMILES string of the molecule is CCC1CCC12C[C@@H](C(C)=O)N(C)C2. The minimum atomic E-state index is 0.212. The van der Waals surface area contributed by atoms with Crippen LogP contribution in [0, 0.1) is 11.3 Å². The molecule has 0 aromatic rings. The Morgan fingerprint density at radius 2 is 2.29 bits per heavy atom. The number of hydrogen-bond acceptors (Lipinski definition) is 2. The molecule has 0 aromatic heterocycles. The molecule has 0 bridgehead atoms. The number of nitrogens with zero attached hydrogens (tertiary/aromatic N) is 1. The molecule has 1 saturated carbocycles. The molecule has 0 N–H and O–H groups in total. The zero-order valence-electron chi connectivity index (χ0n) is 9.55. The average molecular weight is 195 g/mol. The Morgan fingerprint density at radius 3 is 2.64 bits per heavy atom. The van der Waals surface area contributed by atoms with Crippen LogP contribution in [0.25, 0.3) is 0 Å². The van der Waals surface area contributed by atoms with Gasteiger partial charge < -0.3 is 0 Å². The topological polar surface area (TPSA) is 20.3 Å². The maximum absolute atomic E-state index is 11.4. The Morgan fingerprint density at radius 1 is 1.57 bits per heavy atom. The largest absolute Gasteiger partial charge is 0.298 e. The minimum absolute atomic E-state index is 0.212. The molecule has 2 rings (SSSR count). The van der Waals surface area contributed by atoms with Crippen LogP contribution in [0.4, 0.5) is 0 Å². The summed E-state index contributed by atoms with van der Waals surface area (Å²) in [4.78, 5) is 13.7. The molecule has 3 atom stereocenters. The standard InChI is InChI=1S/C12H21NO/c1-4-10-5-6-12(10)7-11(9(2)14)13(3)8-12/h10-11H,4-8H2,1-3H3/t10?,11-,12?/m0/s1. The fraction of sp³-hybridized carbons (Fsp3) is 0.917. The van der Waals surface area contributed by atoms with E-state index in [4.69, 9.17) is 0 Å². The van der Waals surface area contributed by atoms with Gasteiger partial charge in [-0.2, -0.15) is 0 Å². The van der Waals surface area contributed by atoms with Gasteiger partial charge in [0.25, 0.3) is 0 Å². The number of likely N-dealkylation sites (N-methyl/N-ethyl adjacent to an activating group) is 1. The van der Waals surface area contributed by atoms with Crippen LogP contribution in [0.5, 0.6) is 0 Å². The van der Waals surface area contributed by atoms with E-state index < -0.39 is 0 Å². The number of carbonyl (C=O) groups excluding carboxylic acids is 1. The maximum atomic E-state index is 11.4. The van der Waals surface area contributed by atoms with Gasteiger partial charge in [0.1, 0.15) is 5.78 Å². The molecule has 0 aromatic carbocycles. The first-order valence-electron chi connectivity index (χ1n) is 5.80. The second-order valence-corrected chi connectivity index (χ2v) is 5.25. The first kappa shape index (κ1) is 10.2. The van der Waals surface area contributed by atoms with E-state index in [1.807, 2.05) is 0 Å². The summed E-state index contributed by atoms with van der Waals surface area (Å²) >= 11 is 0. The van der Waals surface area contributed by atoms with Gasteiger partial charge in [-0.05, 0) is 44.6 Å². The van der Waals surface area contributed by atoms with Crippen LogP contribution >= 0.6 is 0 Å². The smallest absolute Gasteiger partial charge is 0.146 e.